The van der Waals surface area contributed by atoms with E-state index in [1.165, 1.54) is 17.5 Å². The first-order valence-corrected chi connectivity index (χ1v) is 9.06. The van der Waals surface area contributed by atoms with Crippen LogP contribution in [-0.4, -0.2) is 43.7 Å². The van der Waals surface area contributed by atoms with E-state index in [4.69, 9.17) is 14.2 Å². The minimum Gasteiger partial charge on any atom is -0.486 e. The lowest BCUT2D eigenvalue weighted by atomic mass is 10.1. The van der Waals surface area contributed by atoms with E-state index in [1.54, 1.807) is 11.9 Å². The highest BCUT2D eigenvalue weighted by atomic mass is 16.6. The molecule has 26 heavy (non-hydrogen) atoms. The number of nitrogens with zero attached hydrogens (tertiary/aromatic N) is 1. The van der Waals surface area contributed by atoms with Crippen molar-refractivity contribution < 1.29 is 19.0 Å². The second-order valence-electron chi connectivity index (χ2n) is 6.84. The van der Waals surface area contributed by atoms with Crippen LogP contribution in [0.1, 0.15) is 17.5 Å². The third kappa shape index (κ3) is 3.62. The van der Waals surface area contributed by atoms with Gasteiger partial charge in [0.05, 0.1) is 6.54 Å². The summed E-state index contributed by atoms with van der Waals surface area (Å²) in [6.07, 6.45) is 3.26. The van der Waals surface area contributed by atoms with Crippen molar-refractivity contribution >= 4 is 5.91 Å². The van der Waals surface area contributed by atoms with Crippen molar-refractivity contribution in [3.8, 4) is 17.2 Å². The van der Waals surface area contributed by atoms with Crippen LogP contribution in [0.3, 0.4) is 0 Å². The van der Waals surface area contributed by atoms with E-state index in [9.17, 15) is 4.79 Å². The molecule has 0 saturated carbocycles. The van der Waals surface area contributed by atoms with Crippen LogP contribution in [0.4, 0.5) is 0 Å². The molecule has 0 aromatic heterocycles. The third-order valence-corrected chi connectivity index (χ3v) is 4.90. The van der Waals surface area contributed by atoms with Crippen LogP contribution in [0.25, 0.3) is 0 Å². The number of carbonyl (C=O) groups excluding carboxylic acids is 1. The molecule has 1 aliphatic heterocycles. The Bertz CT molecular complexity index is 804. The average molecular weight is 353 g/mol. The normalized spacial score (nSPS) is 17.5. The number of aryl methyl sites for hydroxylation is 2. The van der Waals surface area contributed by atoms with Gasteiger partial charge in [-0.25, -0.2) is 0 Å². The van der Waals surface area contributed by atoms with Crippen LogP contribution in [0, 0.1) is 0 Å². The Hall–Kier alpha value is -2.69. The number of rotatable bonds is 5. The van der Waals surface area contributed by atoms with Crippen LogP contribution in [0.5, 0.6) is 17.2 Å². The van der Waals surface area contributed by atoms with Gasteiger partial charge in [0.25, 0.3) is 5.91 Å². The van der Waals surface area contributed by atoms with Crippen molar-refractivity contribution in [3.05, 3.63) is 53.6 Å². The summed E-state index contributed by atoms with van der Waals surface area (Å²) < 4.78 is 17.3. The van der Waals surface area contributed by atoms with Crippen molar-refractivity contribution in [2.75, 3.05) is 26.8 Å². The zero-order valence-corrected chi connectivity index (χ0v) is 14.9. The molecule has 2 aromatic carbocycles. The SMILES string of the molecule is CN(C[C@H]1COc2ccccc2O1)C(=O)COc1ccc2c(c1)CCC2. The molecule has 0 fully saturated rings. The largest absolute Gasteiger partial charge is 0.486 e. The molecule has 0 N–H and O–H groups in total. The number of hydrogen-bond acceptors (Lipinski definition) is 4. The average Bonchev–Trinajstić information content (AvgIpc) is 3.13. The summed E-state index contributed by atoms with van der Waals surface area (Å²) in [5, 5.41) is 0. The molecular formula is C21H23NO4. The van der Waals surface area contributed by atoms with Crippen molar-refractivity contribution in [2.45, 2.75) is 25.4 Å². The second-order valence-corrected chi connectivity index (χ2v) is 6.84. The van der Waals surface area contributed by atoms with E-state index >= 15 is 0 Å². The minimum absolute atomic E-state index is 0.0272. The van der Waals surface area contributed by atoms with Crippen molar-refractivity contribution in [2.24, 2.45) is 0 Å². The first kappa shape index (κ1) is 16.8. The number of hydrogen-bond donors (Lipinski definition) is 0. The fraction of sp³-hybridized carbons (Fsp3) is 0.381. The summed E-state index contributed by atoms with van der Waals surface area (Å²) in [4.78, 5) is 14.0. The highest BCUT2D eigenvalue weighted by Crippen LogP contribution is 2.31. The summed E-state index contributed by atoms with van der Waals surface area (Å²) in [5.41, 5.74) is 2.74. The fourth-order valence-electron chi connectivity index (χ4n) is 3.45. The molecule has 0 bridgehead atoms. The number of fused-ring (bicyclic) bond motifs is 2. The predicted molar refractivity (Wildman–Crippen MR) is 98.0 cm³/mol. The Balaban J connectivity index is 1.28. The molecule has 1 atom stereocenters. The zero-order valence-electron chi connectivity index (χ0n) is 14.9. The maximum Gasteiger partial charge on any atom is 0.260 e. The molecule has 0 saturated heterocycles. The van der Waals surface area contributed by atoms with E-state index in [1.807, 2.05) is 30.3 Å². The lowest BCUT2D eigenvalue weighted by molar-refractivity contribution is -0.133. The fourth-order valence-corrected chi connectivity index (χ4v) is 3.45. The second kappa shape index (κ2) is 7.28. The highest BCUT2D eigenvalue weighted by Gasteiger charge is 2.24. The Kier molecular flexibility index (Phi) is 4.69. The standard InChI is InChI=1S/C21H23NO4/c1-22(12-18-13-25-19-7-2-3-8-20(19)26-18)21(23)14-24-17-10-9-15-5-4-6-16(15)11-17/h2-3,7-11,18H,4-6,12-14H2,1H3/t18-/m0/s1. The molecule has 5 heteroatoms. The van der Waals surface area contributed by atoms with E-state index < -0.39 is 0 Å². The summed E-state index contributed by atoms with van der Waals surface area (Å²) in [6, 6.07) is 13.7. The van der Waals surface area contributed by atoms with E-state index in [0.717, 1.165) is 30.1 Å². The van der Waals surface area contributed by atoms with Gasteiger partial charge in [-0.1, -0.05) is 18.2 Å². The van der Waals surface area contributed by atoms with Crippen molar-refractivity contribution in [3.63, 3.8) is 0 Å². The van der Waals surface area contributed by atoms with Gasteiger partial charge < -0.3 is 19.1 Å². The molecule has 1 amide bonds. The van der Waals surface area contributed by atoms with Gasteiger partial charge in [-0.3, -0.25) is 4.79 Å². The first-order valence-electron chi connectivity index (χ1n) is 9.06. The maximum atomic E-state index is 12.4. The number of likely N-dealkylation sites (N-methyl/N-ethyl adjacent to an activating group) is 1. The molecule has 2 aliphatic rings. The van der Waals surface area contributed by atoms with Gasteiger partial charge in [-0.05, 0) is 54.7 Å². The number of para-hydroxylation sites is 2. The molecule has 4 rings (SSSR count). The van der Waals surface area contributed by atoms with Gasteiger partial charge in [-0.15, -0.1) is 0 Å². The minimum atomic E-state index is -0.182. The van der Waals surface area contributed by atoms with Crippen molar-refractivity contribution in [1.82, 2.24) is 4.90 Å². The van der Waals surface area contributed by atoms with Crippen LogP contribution in [0.15, 0.2) is 42.5 Å². The molecule has 0 radical (unpaired) electrons. The Labute approximate surface area is 153 Å². The summed E-state index contributed by atoms with van der Waals surface area (Å²) in [5.74, 6) is 2.16. The quantitative estimate of drug-likeness (QED) is 0.829. The van der Waals surface area contributed by atoms with Crippen LogP contribution in [0.2, 0.25) is 0 Å². The lowest BCUT2D eigenvalue weighted by Crippen LogP contribution is -2.43. The molecule has 1 aliphatic carbocycles. The summed E-state index contributed by atoms with van der Waals surface area (Å²) >= 11 is 0. The van der Waals surface area contributed by atoms with Gasteiger partial charge in [0.1, 0.15) is 12.4 Å². The van der Waals surface area contributed by atoms with Gasteiger partial charge in [0, 0.05) is 7.05 Å². The number of carbonyl (C=O) groups is 1. The van der Waals surface area contributed by atoms with Crippen LogP contribution in [-0.2, 0) is 17.6 Å². The van der Waals surface area contributed by atoms with Gasteiger partial charge in [0.15, 0.2) is 24.2 Å². The van der Waals surface area contributed by atoms with E-state index in [0.29, 0.717) is 13.2 Å². The predicted octanol–water partition coefficient (Wildman–Crippen LogP) is 2.85. The first-order chi connectivity index (χ1) is 12.7. The number of ether oxygens (including phenoxy) is 3. The molecule has 5 nitrogen and oxygen atoms in total. The highest BCUT2D eigenvalue weighted by molar-refractivity contribution is 5.77. The van der Waals surface area contributed by atoms with Gasteiger partial charge in [0.2, 0.25) is 0 Å². The van der Waals surface area contributed by atoms with Crippen molar-refractivity contribution in [1.29, 1.82) is 0 Å². The molecule has 0 unspecified atom stereocenters. The number of benzene rings is 2. The Morgan fingerprint density at radius 1 is 1.15 bits per heavy atom. The lowest BCUT2D eigenvalue weighted by Gasteiger charge is -2.29. The Morgan fingerprint density at radius 2 is 1.96 bits per heavy atom. The smallest absolute Gasteiger partial charge is 0.260 e. The van der Waals surface area contributed by atoms with Gasteiger partial charge in [-0.2, -0.15) is 0 Å². The molecule has 1 heterocycles. The van der Waals surface area contributed by atoms with E-state index in [-0.39, 0.29) is 18.6 Å². The van der Waals surface area contributed by atoms with Crippen LogP contribution >= 0.6 is 0 Å². The topological polar surface area (TPSA) is 48.0 Å². The molecular weight excluding hydrogens is 330 g/mol. The number of amides is 1. The Morgan fingerprint density at radius 3 is 2.85 bits per heavy atom. The molecule has 2 aromatic rings. The summed E-state index contributed by atoms with van der Waals surface area (Å²) in [7, 11) is 1.76. The molecule has 0 spiro atoms. The third-order valence-electron chi connectivity index (χ3n) is 4.90. The van der Waals surface area contributed by atoms with Crippen LogP contribution < -0.4 is 14.2 Å². The molecule has 136 valence electrons. The maximum absolute atomic E-state index is 12.4. The summed E-state index contributed by atoms with van der Waals surface area (Å²) in [6.45, 7) is 0.917. The van der Waals surface area contributed by atoms with Gasteiger partial charge >= 0.3 is 0 Å². The zero-order chi connectivity index (χ0) is 17.9. The monoisotopic (exact) mass is 353 g/mol. The van der Waals surface area contributed by atoms with E-state index in [2.05, 4.69) is 12.1 Å².